The van der Waals surface area contributed by atoms with E-state index in [0.717, 1.165) is 6.54 Å². The van der Waals surface area contributed by atoms with E-state index in [4.69, 9.17) is 5.73 Å². The summed E-state index contributed by atoms with van der Waals surface area (Å²) in [6.07, 6.45) is 2.36. The quantitative estimate of drug-likeness (QED) is 0.869. The normalized spacial score (nSPS) is 26.6. The molecule has 0 aliphatic heterocycles. The second-order valence-corrected chi connectivity index (χ2v) is 5.37. The SMILES string of the molecule is NCC1(c2ccccc2)CC(c2ccccc2)C1. The zero-order chi connectivity index (χ0) is 12.4. The molecule has 1 heteroatoms. The highest BCUT2D eigenvalue weighted by Gasteiger charge is 2.44. The molecule has 0 bridgehead atoms. The first kappa shape index (κ1) is 11.5. The lowest BCUT2D eigenvalue weighted by Crippen LogP contribution is -2.46. The highest BCUT2D eigenvalue weighted by molar-refractivity contribution is 5.34. The van der Waals surface area contributed by atoms with Crippen LogP contribution in [0.25, 0.3) is 0 Å². The third-order valence-electron chi connectivity index (χ3n) is 4.32. The van der Waals surface area contributed by atoms with Crippen molar-refractivity contribution in [3.8, 4) is 0 Å². The number of hydrogen-bond donors (Lipinski definition) is 1. The fourth-order valence-corrected chi connectivity index (χ4v) is 3.16. The Kier molecular flexibility index (Phi) is 2.92. The number of nitrogens with two attached hydrogens (primary N) is 1. The summed E-state index contributed by atoms with van der Waals surface area (Å²) in [4.78, 5) is 0. The van der Waals surface area contributed by atoms with Gasteiger partial charge >= 0.3 is 0 Å². The molecular formula is C17H19N. The fraction of sp³-hybridized carbons (Fsp3) is 0.294. The highest BCUT2D eigenvalue weighted by Crippen LogP contribution is 2.51. The van der Waals surface area contributed by atoms with Crippen LogP contribution in [-0.2, 0) is 5.41 Å². The summed E-state index contributed by atoms with van der Waals surface area (Å²) in [5.41, 5.74) is 9.11. The molecule has 2 aromatic carbocycles. The minimum Gasteiger partial charge on any atom is -0.330 e. The molecule has 3 rings (SSSR count). The summed E-state index contributed by atoms with van der Waals surface area (Å²) in [6.45, 7) is 0.750. The number of rotatable bonds is 3. The lowest BCUT2D eigenvalue weighted by Gasteiger charge is -2.48. The molecule has 0 unspecified atom stereocenters. The first-order valence-corrected chi connectivity index (χ1v) is 6.65. The smallest absolute Gasteiger partial charge is 0.00871 e. The van der Waals surface area contributed by atoms with E-state index in [1.54, 1.807) is 0 Å². The van der Waals surface area contributed by atoms with E-state index in [-0.39, 0.29) is 5.41 Å². The van der Waals surface area contributed by atoms with Crippen molar-refractivity contribution < 1.29 is 0 Å². The third-order valence-corrected chi connectivity index (χ3v) is 4.32. The van der Waals surface area contributed by atoms with Crippen molar-refractivity contribution in [1.82, 2.24) is 0 Å². The molecule has 1 aliphatic rings. The summed E-state index contributed by atoms with van der Waals surface area (Å²) in [6, 6.07) is 21.5. The molecule has 1 fully saturated rings. The average Bonchev–Trinajstić information content (AvgIpc) is 2.41. The van der Waals surface area contributed by atoms with Crippen LogP contribution in [0.2, 0.25) is 0 Å². The maximum atomic E-state index is 6.04. The van der Waals surface area contributed by atoms with E-state index in [9.17, 15) is 0 Å². The van der Waals surface area contributed by atoms with Crippen LogP contribution < -0.4 is 5.73 Å². The molecule has 0 aromatic heterocycles. The van der Waals surface area contributed by atoms with Crippen molar-refractivity contribution in [3.63, 3.8) is 0 Å². The van der Waals surface area contributed by atoms with Crippen molar-refractivity contribution in [2.45, 2.75) is 24.2 Å². The van der Waals surface area contributed by atoms with Gasteiger partial charge in [0, 0.05) is 12.0 Å². The van der Waals surface area contributed by atoms with Gasteiger partial charge in [-0.1, -0.05) is 60.7 Å². The summed E-state index contributed by atoms with van der Waals surface area (Å²) in [7, 11) is 0. The predicted octanol–water partition coefficient (Wildman–Crippen LogP) is 3.46. The Morgan fingerprint density at radius 3 is 2.00 bits per heavy atom. The van der Waals surface area contributed by atoms with Gasteiger partial charge in [0.1, 0.15) is 0 Å². The van der Waals surface area contributed by atoms with Crippen molar-refractivity contribution in [2.75, 3.05) is 6.54 Å². The van der Waals surface area contributed by atoms with Gasteiger partial charge in [0.15, 0.2) is 0 Å². The zero-order valence-corrected chi connectivity index (χ0v) is 10.5. The molecule has 0 heterocycles. The molecule has 18 heavy (non-hydrogen) atoms. The monoisotopic (exact) mass is 237 g/mol. The second-order valence-electron chi connectivity index (χ2n) is 5.37. The van der Waals surface area contributed by atoms with Crippen LogP contribution in [0, 0.1) is 0 Å². The van der Waals surface area contributed by atoms with Crippen LogP contribution in [-0.4, -0.2) is 6.54 Å². The van der Waals surface area contributed by atoms with Crippen LogP contribution in [0.4, 0.5) is 0 Å². The molecule has 0 amide bonds. The third kappa shape index (κ3) is 1.85. The maximum absolute atomic E-state index is 6.04. The zero-order valence-electron chi connectivity index (χ0n) is 10.5. The molecule has 92 valence electrons. The van der Waals surface area contributed by atoms with Gasteiger partial charge in [-0.05, 0) is 29.9 Å². The molecule has 1 nitrogen and oxygen atoms in total. The van der Waals surface area contributed by atoms with Crippen LogP contribution in [0.1, 0.15) is 29.9 Å². The Labute approximate surface area is 109 Å². The lowest BCUT2D eigenvalue weighted by atomic mass is 9.57. The standard InChI is InChI=1S/C17H19N/c18-13-17(16-9-5-2-6-10-16)11-15(12-17)14-7-3-1-4-8-14/h1-10,15H,11-13,18H2. The van der Waals surface area contributed by atoms with E-state index in [0.29, 0.717) is 5.92 Å². The molecule has 0 radical (unpaired) electrons. The Morgan fingerprint density at radius 1 is 0.889 bits per heavy atom. The molecule has 1 saturated carbocycles. The van der Waals surface area contributed by atoms with E-state index < -0.39 is 0 Å². The van der Waals surface area contributed by atoms with Gasteiger partial charge in [-0.25, -0.2) is 0 Å². The molecule has 0 saturated heterocycles. The largest absolute Gasteiger partial charge is 0.330 e. The van der Waals surface area contributed by atoms with Gasteiger partial charge in [0.25, 0.3) is 0 Å². The summed E-state index contributed by atoms with van der Waals surface area (Å²) >= 11 is 0. The minimum atomic E-state index is 0.210. The van der Waals surface area contributed by atoms with Gasteiger partial charge < -0.3 is 5.73 Å². The van der Waals surface area contributed by atoms with Crippen molar-refractivity contribution >= 4 is 0 Å². The summed E-state index contributed by atoms with van der Waals surface area (Å²) in [5, 5.41) is 0. The summed E-state index contributed by atoms with van der Waals surface area (Å²) < 4.78 is 0. The number of benzene rings is 2. The van der Waals surface area contributed by atoms with Gasteiger partial charge in [0.05, 0.1) is 0 Å². The first-order valence-electron chi connectivity index (χ1n) is 6.65. The summed E-state index contributed by atoms with van der Waals surface area (Å²) in [5.74, 6) is 0.676. The van der Waals surface area contributed by atoms with E-state index in [1.807, 2.05) is 0 Å². The first-order chi connectivity index (χ1) is 8.84. The maximum Gasteiger partial charge on any atom is 0.00871 e. The minimum absolute atomic E-state index is 0.210. The Balaban J connectivity index is 1.80. The highest BCUT2D eigenvalue weighted by atomic mass is 14.6. The van der Waals surface area contributed by atoms with Crippen LogP contribution in [0.5, 0.6) is 0 Å². The van der Waals surface area contributed by atoms with Crippen LogP contribution in [0.15, 0.2) is 60.7 Å². The molecule has 1 aliphatic carbocycles. The van der Waals surface area contributed by atoms with Crippen molar-refractivity contribution in [2.24, 2.45) is 5.73 Å². The number of hydrogen-bond acceptors (Lipinski definition) is 1. The Hall–Kier alpha value is -1.60. The van der Waals surface area contributed by atoms with E-state index in [1.165, 1.54) is 24.0 Å². The van der Waals surface area contributed by atoms with Crippen molar-refractivity contribution in [3.05, 3.63) is 71.8 Å². The Bertz CT molecular complexity index is 498. The van der Waals surface area contributed by atoms with Gasteiger partial charge in [-0.2, -0.15) is 0 Å². The molecule has 0 atom stereocenters. The van der Waals surface area contributed by atoms with Gasteiger partial charge in [-0.3, -0.25) is 0 Å². The molecule has 0 spiro atoms. The van der Waals surface area contributed by atoms with Crippen LogP contribution in [0.3, 0.4) is 0 Å². The van der Waals surface area contributed by atoms with E-state index >= 15 is 0 Å². The van der Waals surface area contributed by atoms with E-state index in [2.05, 4.69) is 60.7 Å². The second kappa shape index (κ2) is 4.58. The van der Waals surface area contributed by atoms with Gasteiger partial charge in [-0.15, -0.1) is 0 Å². The van der Waals surface area contributed by atoms with Crippen molar-refractivity contribution in [1.29, 1.82) is 0 Å². The molecule has 2 aromatic rings. The Morgan fingerprint density at radius 2 is 1.44 bits per heavy atom. The fourth-order valence-electron chi connectivity index (χ4n) is 3.16. The molecule has 2 N–H and O–H groups in total. The lowest BCUT2D eigenvalue weighted by molar-refractivity contribution is 0.209. The average molecular weight is 237 g/mol. The molecular weight excluding hydrogens is 218 g/mol. The topological polar surface area (TPSA) is 26.0 Å². The van der Waals surface area contributed by atoms with Gasteiger partial charge in [0.2, 0.25) is 0 Å². The van der Waals surface area contributed by atoms with Crippen LogP contribution >= 0.6 is 0 Å². The predicted molar refractivity (Wildman–Crippen MR) is 75.6 cm³/mol.